The average Bonchev–Trinajstić information content (AvgIpc) is 2.53. The maximum atomic E-state index is 4.56. The van der Waals surface area contributed by atoms with E-state index in [9.17, 15) is 0 Å². The lowest BCUT2D eigenvalue weighted by Crippen LogP contribution is -1.91. The molecule has 0 bridgehead atoms. The molecule has 0 aliphatic rings. The van der Waals surface area contributed by atoms with Gasteiger partial charge in [-0.15, -0.1) is 0 Å². The van der Waals surface area contributed by atoms with Crippen molar-refractivity contribution >= 4 is 17.0 Å². The zero-order valence-corrected chi connectivity index (χ0v) is 11.4. The van der Waals surface area contributed by atoms with E-state index in [2.05, 4.69) is 71.7 Å². The molecule has 0 radical (unpaired) electrons. The highest BCUT2D eigenvalue weighted by molar-refractivity contribution is 5.99. The number of fused-ring (bicyclic) bond motifs is 1. The first-order chi connectivity index (χ1) is 9.93. The lowest BCUT2D eigenvalue weighted by molar-refractivity contribution is 0.974. The minimum atomic E-state index is 0.827. The molecule has 3 aromatic rings. The summed E-state index contributed by atoms with van der Waals surface area (Å²) in [6, 6.07) is 25.2. The highest BCUT2D eigenvalue weighted by Crippen LogP contribution is 2.16. The molecule has 1 nitrogen and oxygen atoms in total. The smallest absolute Gasteiger partial charge is 0.0429 e. The van der Waals surface area contributed by atoms with Gasteiger partial charge >= 0.3 is 0 Å². The van der Waals surface area contributed by atoms with Crippen LogP contribution < -0.4 is 0 Å². The van der Waals surface area contributed by atoms with E-state index in [-0.39, 0.29) is 0 Å². The van der Waals surface area contributed by atoms with Gasteiger partial charge in [-0.25, -0.2) is 0 Å². The minimum Gasteiger partial charge on any atom is -0.292 e. The van der Waals surface area contributed by atoms with Crippen LogP contribution >= 0.6 is 0 Å². The molecule has 0 aliphatic carbocycles. The van der Waals surface area contributed by atoms with Gasteiger partial charge in [0.25, 0.3) is 0 Å². The molecule has 3 rings (SSSR count). The van der Waals surface area contributed by atoms with Gasteiger partial charge < -0.3 is 0 Å². The molecule has 0 aromatic heterocycles. The lowest BCUT2D eigenvalue weighted by atomic mass is 10.1. The summed E-state index contributed by atoms with van der Waals surface area (Å²) in [6.45, 7) is 0.827. The summed E-state index contributed by atoms with van der Waals surface area (Å²) in [7, 11) is 0. The van der Waals surface area contributed by atoms with E-state index in [0.29, 0.717) is 0 Å². The Morgan fingerprint density at radius 3 is 2.40 bits per heavy atom. The van der Waals surface area contributed by atoms with Gasteiger partial charge in [0, 0.05) is 18.3 Å². The van der Waals surface area contributed by atoms with Crippen molar-refractivity contribution in [2.24, 2.45) is 4.99 Å². The van der Waals surface area contributed by atoms with Crippen LogP contribution in [0.2, 0.25) is 0 Å². The third kappa shape index (κ3) is 2.94. The monoisotopic (exact) mass is 259 g/mol. The summed E-state index contributed by atoms with van der Waals surface area (Å²) >= 11 is 0. The predicted molar refractivity (Wildman–Crippen MR) is 86.6 cm³/mol. The number of aliphatic imine (C=N–C) groups is 1. The Hall–Kier alpha value is -2.41. The summed E-state index contributed by atoms with van der Waals surface area (Å²) in [5, 5.41) is 2.53. The van der Waals surface area contributed by atoms with E-state index in [1.165, 1.54) is 21.9 Å². The fourth-order valence-electron chi connectivity index (χ4n) is 2.36. The van der Waals surface area contributed by atoms with Gasteiger partial charge in [0.1, 0.15) is 0 Å². The molecule has 0 saturated carbocycles. The number of rotatable bonds is 4. The Morgan fingerprint density at radius 2 is 1.50 bits per heavy atom. The Balaban J connectivity index is 1.72. The Morgan fingerprint density at radius 1 is 0.750 bits per heavy atom. The molecular weight excluding hydrogens is 242 g/mol. The van der Waals surface area contributed by atoms with Gasteiger partial charge in [-0.05, 0) is 22.8 Å². The highest BCUT2D eigenvalue weighted by Gasteiger charge is 1.96. The summed E-state index contributed by atoms with van der Waals surface area (Å²) in [6.07, 6.45) is 2.98. The molecule has 0 unspecified atom stereocenters. The Kier molecular flexibility index (Phi) is 3.88. The van der Waals surface area contributed by atoms with E-state index in [0.717, 1.165) is 13.0 Å². The van der Waals surface area contributed by atoms with Crippen molar-refractivity contribution in [1.82, 2.24) is 0 Å². The fourth-order valence-corrected chi connectivity index (χ4v) is 2.36. The number of benzene rings is 3. The second-order valence-electron chi connectivity index (χ2n) is 4.84. The zero-order chi connectivity index (χ0) is 13.6. The summed E-state index contributed by atoms with van der Waals surface area (Å²) in [5.41, 5.74) is 2.53. The van der Waals surface area contributed by atoms with Crippen molar-refractivity contribution in [2.45, 2.75) is 6.42 Å². The summed E-state index contributed by atoms with van der Waals surface area (Å²) < 4.78 is 0. The highest BCUT2D eigenvalue weighted by atomic mass is 14.7. The van der Waals surface area contributed by atoms with E-state index in [1.54, 1.807) is 0 Å². The minimum absolute atomic E-state index is 0.827. The number of hydrogen-bond acceptors (Lipinski definition) is 1. The second kappa shape index (κ2) is 6.16. The van der Waals surface area contributed by atoms with Crippen LogP contribution in [-0.4, -0.2) is 12.8 Å². The van der Waals surface area contributed by atoms with E-state index >= 15 is 0 Å². The molecule has 0 amide bonds. The molecule has 0 N–H and O–H groups in total. The zero-order valence-electron chi connectivity index (χ0n) is 11.4. The Bertz CT molecular complexity index is 709. The van der Waals surface area contributed by atoms with Crippen LogP contribution in [0.25, 0.3) is 10.8 Å². The van der Waals surface area contributed by atoms with Gasteiger partial charge in [-0.1, -0.05) is 72.8 Å². The molecule has 3 aromatic carbocycles. The van der Waals surface area contributed by atoms with E-state index < -0.39 is 0 Å². The van der Waals surface area contributed by atoms with Crippen LogP contribution in [0, 0.1) is 0 Å². The van der Waals surface area contributed by atoms with Gasteiger partial charge in [-0.3, -0.25) is 4.99 Å². The van der Waals surface area contributed by atoms with Crippen molar-refractivity contribution < 1.29 is 0 Å². The van der Waals surface area contributed by atoms with Crippen LogP contribution in [0.5, 0.6) is 0 Å². The Labute approximate surface area is 119 Å². The third-order valence-corrected chi connectivity index (χ3v) is 3.43. The summed E-state index contributed by atoms with van der Waals surface area (Å²) in [5.74, 6) is 0. The molecule has 20 heavy (non-hydrogen) atoms. The fraction of sp³-hybridized carbons (Fsp3) is 0.105. The van der Waals surface area contributed by atoms with Crippen molar-refractivity contribution in [3.05, 3.63) is 83.9 Å². The standard InChI is InChI=1S/C19H17N/c1-2-7-16(8-3-1)13-14-20-15-18-11-6-10-17-9-4-5-12-19(17)18/h1-12,15H,13-14H2. The molecule has 0 saturated heterocycles. The van der Waals surface area contributed by atoms with Crippen LogP contribution in [0.3, 0.4) is 0 Å². The maximum absolute atomic E-state index is 4.56. The van der Waals surface area contributed by atoms with E-state index in [1.807, 2.05) is 12.3 Å². The topological polar surface area (TPSA) is 12.4 Å². The van der Waals surface area contributed by atoms with Crippen LogP contribution in [-0.2, 0) is 6.42 Å². The molecule has 0 spiro atoms. The number of hydrogen-bond donors (Lipinski definition) is 0. The van der Waals surface area contributed by atoms with Gasteiger partial charge in [-0.2, -0.15) is 0 Å². The maximum Gasteiger partial charge on any atom is 0.0429 e. The third-order valence-electron chi connectivity index (χ3n) is 3.43. The number of nitrogens with zero attached hydrogens (tertiary/aromatic N) is 1. The summed E-state index contributed by atoms with van der Waals surface area (Å²) in [4.78, 5) is 4.56. The average molecular weight is 259 g/mol. The molecule has 0 aliphatic heterocycles. The SMILES string of the molecule is C(=NCCc1ccccc1)c1cccc2ccccc12. The largest absolute Gasteiger partial charge is 0.292 e. The van der Waals surface area contributed by atoms with Crippen LogP contribution in [0.15, 0.2) is 77.8 Å². The van der Waals surface area contributed by atoms with E-state index in [4.69, 9.17) is 0 Å². The van der Waals surface area contributed by atoms with Gasteiger partial charge in [0.2, 0.25) is 0 Å². The first kappa shape index (κ1) is 12.6. The molecule has 98 valence electrons. The molecular formula is C19H17N. The quantitative estimate of drug-likeness (QED) is 0.612. The van der Waals surface area contributed by atoms with Crippen molar-refractivity contribution in [3.8, 4) is 0 Å². The van der Waals surface area contributed by atoms with Crippen molar-refractivity contribution in [1.29, 1.82) is 0 Å². The predicted octanol–water partition coefficient (Wildman–Crippen LogP) is 4.50. The second-order valence-corrected chi connectivity index (χ2v) is 4.84. The van der Waals surface area contributed by atoms with Crippen molar-refractivity contribution in [2.75, 3.05) is 6.54 Å². The first-order valence-corrected chi connectivity index (χ1v) is 6.95. The molecule has 1 heteroatoms. The van der Waals surface area contributed by atoms with Crippen molar-refractivity contribution in [3.63, 3.8) is 0 Å². The van der Waals surface area contributed by atoms with Gasteiger partial charge in [0.15, 0.2) is 0 Å². The molecule has 0 fully saturated rings. The molecule has 0 atom stereocenters. The van der Waals surface area contributed by atoms with Crippen LogP contribution in [0.1, 0.15) is 11.1 Å². The first-order valence-electron chi connectivity index (χ1n) is 6.95. The lowest BCUT2D eigenvalue weighted by Gasteiger charge is -2.01. The normalized spacial score (nSPS) is 11.2. The van der Waals surface area contributed by atoms with Gasteiger partial charge in [0.05, 0.1) is 0 Å². The van der Waals surface area contributed by atoms with Crippen LogP contribution in [0.4, 0.5) is 0 Å². The molecule has 0 heterocycles.